The number of terminal acetylenes is 1. The Morgan fingerprint density at radius 3 is 2.40 bits per heavy atom. The molecule has 0 heterocycles. The Morgan fingerprint density at radius 2 is 2.10 bits per heavy atom. The lowest BCUT2D eigenvalue weighted by atomic mass is 10.3. The second-order valence-corrected chi connectivity index (χ2v) is 1.65. The van der Waals surface area contributed by atoms with Crippen molar-refractivity contribution in [3.8, 4) is 12.3 Å². The standard InChI is InChI=1S/C7H10O3/c1-4-5-6(8)7(9-2)10-3/h1,7H,5H2,2-3H3. The molecule has 0 aliphatic carbocycles. The predicted octanol–water partition coefficient (Wildman–Crippen LogP) is 0.198. The van der Waals surface area contributed by atoms with Gasteiger partial charge >= 0.3 is 0 Å². The molecule has 3 heteroatoms. The highest BCUT2D eigenvalue weighted by molar-refractivity contribution is 5.83. The molecule has 0 radical (unpaired) electrons. The van der Waals surface area contributed by atoms with E-state index >= 15 is 0 Å². The van der Waals surface area contributed by atoms with Gasteiger partial charge in [-0.05, 0) is 0 Å². The van der Waals surface area contributed by atoms with Crippen molar-refractivity contribution in [3.63, 3.8) is 0 Å². The molecule has 0 spiro atoms. The minimum atomic E-state index is -0.809. The van der Waals surface area contributed by atoms with E-state index in [-0.39, 0.29) is 12.2 Å². The van der Waals surface area contributed by atoms with Crippen LogP contribution in [0.2, 0.25) is 0 Å². The second-order valence-electron chi connectivity index (χ2n) is 1.65. The zero-order chi connectivity index (χ0) is 7.98. The number of hydrogen-bond donors (Lipinski definition) is 0. The number of ketones is 1. The Hall–Kier alpha value is -0.850. The topological polar surface area (TPSA) is 35.5 Å². The number of carbonyl (C=O) groups is 1. The maximum absolute atomic E-state index is 10.8. The fourth-order valence-corrected chi connectivity index (χ4v) is 0.543. The summed E-state index contributed by atoms with van der Waals surface area (Å²) in [4.78, 5) is 10.8. The van der Waals surface area contributed by atoms with Gasteiger partial charge in [0.15, 0.2) is 5.78 Å². The maximum atomic E-state index is 10.8. The summed E-state index contributed by atoms with van der Waals surface area (Å²) in [6.45, 7) is 0. The molecule has 0 aliphatic rings. The first-order valence-corrected chi connectivity index (χ1v) is 2.78. The van der Waals surface area contributed by atoms with Gasteiger partial charge in [-0.1, -0.05) is 5.92 Å². The van der Waals surface area contributed by atoms with E-state index in [2.05, 4.69) is 15.4 Å². The van der Waals surface area contributed by atoms with Crippen molar-refractivity contribution in [2.45, 2.75) is 12.7 Å². The van der Waals surface area contributed by atoms with E-state index in [0.29, 0.717) is 0 Å². The maximum Gasteiger partial charge on any atom is 0.218 e. The molecule has 0 fully saturated rings. The quantitative estimate of drug-likeness (QED) is 0.415. The molecular weight excluding hydrogens is 132 g/mol. The first-order chi connectivity index (χ1) is 4.76. The third kappa shape index (κ3) is 2.62. The molecule has 0 saturated carbocycles. The van der Waals surface area contributed by atoms with Crippen LogP contribution in [-0.2, 0) is 14.3 Å². The van der Waals surface area contributed by atoms with Crippen molar-refractivity contribution in [1.29, 1.82) is 0 Å². The Labute approximate surface area is 60.3 Å². The van der Waals surface area contributed by atoms with E-state index in [4.69, 9.17) is 6.42 Å². The van der Waals surface area contributed by atoms with Crippen LogP contribution >= 0.6 is 0 Å². The molecule has 56 valence electrons. The number of ether oxygens (including phenoxy) is 2. The van der Waals surface area contributed by atoms with Gasteiger partial charge in [0.2, 0.25) is 6.29 Å². The van der Waals surface area contributed by atoms with E-state index in [1.165, 1.54) is 14.2 Å². The molecule has 0 aliphatic heterocycles. The summed E-state index contributed by atoms with van der Waals surface area (Å²) in [5.74, 6) is 1.98. The van der Waals surface area contributed by atoms with Crippen molar-refractivity contribution in [2.24, 2.45) is 0 Å². The van der Waals surface area contributed by atoms with Crippen LogP contribution in [0.25, 0.3) is 0 Å². The van der Waals surface area contributed by atoms with Gasteiger partial charge in [0.25, 0.3) is 0 Å². The first-order valence-electron chi connectivity index (χ1n) is 2.78. The highest BCUT2D eigenvalue weighted by Crippen LogP contribution is 1.95. The van der Waals surface area contributed by atoms with E-state index in [1.54, 1.807) is 0 Å². The van der Waals surface area contributed by atoms with Crippen LogP contribution in [0.1, 0.15) is 6.42 Å². The van der Waals surface area contributed by atoms with Crippen LogP contribution in [0.3, 0.4) is 0 Å². The summed E-state index contributed by atoms with van der Waals surface area (Å²) in [7, 11) is 2.78. The van der Waals surface area contributed by atoms with Crippen LogP contribution in [0.15, 0.2) is 0 Å². The number of hydrogen-bond acceptors (Lipinski definition) is 3. The molecule has 0 saturated heterocycles. The molecule has 10 heavy (non-hydrogen) atoms. The number of rotatable bonds is 4. The van der Waals surface area contributed by atoms with Gasteiger partial charge in [0, 0.05) is 14.2 Å². The third-order valence-electron chi connectivity index (χ3n) is 0.967. The van der Waals surface area contributed by atoms with E-state index in [9.17, 15) is 4.79 Å². The van der Waals surface area contributed by atoms with Crippen molar-refractivity contribution < 1.29 is 14.3 Å². The number of Topliss-reactive ketones (excluding diaryl/α,β-unsaturated/α-hetero) is 1. The largest absolute Gasteiger partial charge is 0.349 e. The molecule has 0 unspecified atom stereocenters. The summed E-state index contributed by atoms with van der Waals surface area (Å²) in [6, 6.07) is 0. The van der Waals surface area contributed by atoms with E-state index in [0.717, 1.165) is 0 Å². The normalized spacial score (nSPS) is 9.40. The van der Waals surface area contributed by atoms with Gasteiger partial charge in [-0.2, -0.15) is 0 Å². The van der Waals surface area contributed by atoms with E-state index < -0.39 is 6.29 Å². The molecule has 0 aromatic carbocycles. The highest BCUT2D eigenvalue weighted by atomic mass is 16.7. The summed E-state index contributed by atoms with van der Waals surface area (Å²) in [5.41, 5.74) is 0. The summed E-state index contributed by atoms with van der Waals surface area (Å²) >= 11 is 0. The van der Waals surface area contributed by atoms with Gasteiger partial charge in [-0.3, -0.25) is 4.79 Å². The van der Waals surface area contributed by atoms with Crippen LogP contribution in [0, 0.1) is 12.3 Å². The smallest absolute Gasteiger partial charge is 0.218 e. The Kier molecular flexibility index (Phi) is 4.55. The van der Waals surface area contributed by atoms with Crippen LogP contribution in [0.4, 0.5) is 0 Å². The summed E-state index contributed by atoms with van der Waals surface area (Å²) in [5, 5.41) is 0. The lowest BCUT2D eigenvalue weighted by Gasteiger charge is -2.08. The average Bonchev–Trinajstić information content (AvgIpc) is 1.91. The van der Waals surface area contributed by atoms with Gasteiger partial charge in [0.05, 0.1) is 6.42 Å². The van der Waals surface area contributed by atoms with Gasteiger partial charge in [-0.25, -0.2) is 0 Å². The zero-order valence-corrected chi connectivity index (χ0v) is 6.09. The van der Waals surface area contributed by atoms with Crippen LogP contribution in [-0.4, -0.2) is 26.3 Å². The average molecular weight is 142 g/mol. The summed E-state index contributed by atoms with van der Waals surface area (Å²) < 4.78 is 9.29. The van der Waals surface area contributed by atoms with Gasteiger partial charge < -0.3 is 9.47 Å². The highest BCUT2D eigenvalue weighted by Gasteiger charge is 2.14. The van der Waals surface area contributed by atoms with Crippen molar-refractivity contribution in [2.75, 3.05) is 14.2 Å². The van der Waals surface area contributed by atoms with Gasteiger partial charge in [-0.15, -0.1) is 6.42 Å². The SMILES string of the molecule is C#CCC(=O)C(OC)OC. The Morgan fingerprint density at radius 1 is 1.60 bits per heavy atom. The van der Waals surface area contributed by atoms with Crippen LogP contribution in [0.5, 0.6) is 0 Å². The fourth-order valence-electron chi connectivity index (χ4n) is 0.543. The molecule has 0 bridgehead atoms. The first kappa shape index (κ1) is 9.15. The molecule has 0 atom stereocenters. The van der Waals surface area contributed by atoms with Crippen molar-refractivity contribution in [1.82, 2.24) is 0 Å². The molecule has 0 aromatic heterocycles. The predicted molar refractivity (Wildman–Crippen MR) is 36.3 cm³/mol. The number of methoxy groups -OCH3 is 2. The molecular formula is C7H10O3. The molecule has 0 amide bonds. The van der Waals surface area contributed by atoms with Crippen molar-refractivity contribution >= 4 is 5.78 Å². The summed E-state index contributed by atoms with van der Waals surface area (Å²) in [6.07, 6.45) is 4.13. The third-order valence-corrected chi connectivity index (χ3v) is 0.967. The Balaban J connectivity index is 3.79. The molecule has 3 nitrogen and oxygen atoms in total. The molecule has 0 N–H and O–H groups in total. The zero-order valence-electron chi connectivity index (χ0n) is 6.09. The molecule has 0 aromatic rings. The minimum Gasteiger partial charge on any atom is -0.349 e. The lowest BCUT2D eigenvalue weighted by Crippen LogP contribution is -2.24. The Bertz CT molecular complexity index is 141. The van der Waals surface area contributed by atoms with E-state index in [1.807, 2.05) is 0 Å². The number of carbonyl (C=O) groups excluding carboxylic acids is 1. The van der Waals surface area contributed by atoms with Crippen LogP contribution < -0.4 is 0 Å². The minimum absolute atomic E-state index is 0.0480. The lowest BCUT2D eigenvalue weighted by molar-refractivity contribution is -0.155. The van der Waals surface area contributed by atoms with Gasteiger partial charge in [0.1, 0.15) is 0 Å². The van der Waals surface area contributed by atoms with Crippen molar-refractivity contribution in [3.05, 3.63) is 0 Å². The molecule has 0 rings (SSSR count). The second kappa shape index (κ2) is 4.98. The monoisotopic (exact) mass is 142 g/mol. The fraction of sp³-hybridized carbons (Fsp3) is 0.571.